The Hall–Kier alpha value is -2.46. The molecule has 0 aliphatic carbocycles. The summed E-state index contributed by atoms with van der Waals surface area (Å²) in [7, 11) is 3.17. The molecule has 0 saturated heterocycles. The predicted molar refractivity (Wildman–Crippen MR) is 60.1 cm³/mol. The topological polar surface area (TPSA) is 60.0 Å². The molecule has 0 heterocycles. The van der Waals surface area contributed by atoms with E-state index in [1.165, 1.54) is 7.11 Å². The first-order valence-electron chi connectivity index (χ1n) is 4.61. The van der Waals surface area contributed by atoms with E-state index >= 15 is 0 Å². The number of methoxy groups -OCH3 is 1. The summed E-state index contributed by atoms with van der Waals surface area (Å²) < 4.78 is 5.07. The van der Waals surface area contributed by atoms with Crippen LogP contribution in [0, 0.1) is 22.7 Å². The molecule has 1 rings (SSSR count). The lowest BCUT2D eigenvalue weighted by Gasteiger charge is -2.20. The standard InChI is InChI=1S/C12H11N3O/c1-15(11-6-4-3-5-7-11)12(16-2)10(8-13)9-14/h3-7H,1-2H3. The van der Waals surface area contributed by atoms with Crippen LogP contribution in [0.5, 0.6) is 0 Å². The number of allylic oxidation sites excluding steroid dienone is 1. The van der Waals surface area contributed by atoms with Crippen LogP contribution in [0.2, 0.25) is 0 Å². The largest absolute Gasteiger partial charge is 0.481 e. The van der Waals surface area contributed by atoms with E-state index in [0.717, 1.165) is 5.69 Å². The van der Waals surface area contributed by atoms with Crippen molar-refractivity contribution in [3.8, 4) is 12.1 Å². The summed E-state index contributed by atoms with van der Waals surface area (Å²) in [5.74, 6) is 0.246. The van der Waals surface area contributed by atoms with E-state index in [4.69, 9.17) is 15.3 Å². The maximum Gasteiger partial charge on any atom is 0.222 e. The summed E-state index contributed by atoms with van der Waals surface area (Å²) in [5.41, 5.74) is 0.802. The highest BCUT2D eigenvalue weighted by Crippen LogP contribution is 2.18. The van der Waals surface area contributed by atoms with Gasteiger partial charge in [-0.05, 0) is 12.1 Å². The Morgan fingerprint density at radius 2 is 1.75 bits per heavy atom. The average Bonchev–Trinajstić information content (AvgIpc) is 2.36. The Balaban J connectivity index is 3.15. The van der Waals surface area contributed by atoms with Crippen LogP contribution >= 0.6 is 0 Å². The number of anilines is 1. The minimum Gasteiger partial charge on any atom is -0.481 e. The van der Waals surface area contributed by atoms with Gasteiger partial charge < -0.3 is 9.64 Å². The van der Waals surface area contributed by atoms with Gasteiger partial charge in [0.1, 0.15) is 12.1 Å². The molecule has 0 atom stereocenters. The minimum absolute atomic E-state index is 0.0474. The number of hydrogen-bond donors (Lipinski definition) is 0. The summed E-state index contributed by atoms with van der Waals surface area (Å²) in [6.45, 7) is 0. The second-order valence-electron chi connectivity index (χ2n) is 3.00. The van der Waals surface area contributed by atoms with Crippen molar-refractivity contribution in [2.45, 2.75) is 0 Å². The Kier molecular flexibility index (Phi) is 3.94. The van der Waals surface area contributed by atoms with Crippen LogP contribution in [0.4, 0.5) is 5.69 Å². The van der Waals surface area contributed by atoms with Crippen LogP contribution in [0.25, 0.3) is 0 Å². The average molecular weight is 213 g/mol. The fourth-order valence-corrected chi connectivity index (χ4v) is 1.30. The minimum atomic E-state index is -0.0474. The van der Waals surface area contributed by atoms with Crippen molar-refractivity contribution in [1.29, 1.82) is 10.5 Å². The summed E-state index contributed by atoms with van der Waals surface area (Å²) in [6.07, 6.45) is 0. The van der Waals surface area contributed by atoms with Gasteiger partial charge in [-0.2, -0.15) is 10.5 Å². The molecule has 0 aliphatic heterocycles. The van der Waals surface area contributed by atoms with Gasteiger partial charge in [-0.3, -0.25) is 0 Å². The molecule has 0 unspecified atom stereocenters. The van der Waals surface area contributed by atoms with Gasteiger partial charge in [0.25, 0.3) is 0 Å². The fourth-order valence-electron chi connectivity index (χ4n) is 1.30. The molecule has 16 heavy (non-hydrogen) atoms. The van der Waals surface area contributed by atoms with Gasteiger partial charge >= 0.3 is 0 Å². The number of rotatable bonds is 3. The second-order valence-corrected chi connectivity index (χ2v) is 3.00. The molecule has 1 aromatic carbocycles. The summed E-state index contributed by atoms with van der Waals surface area (Å²) in [5, 5.41) is 17.6. The molecule has 0 aliphatic rings. The first-order valence-corrected chi connectivity index (χ1v) is 4.61. The molecule has 0 spiro atoms. The van der Waals surface area contributed by atoms with Crippen molar-refractivity contribution in [2.24, 2.45) is 0 Å². The molecule has 0 N–H and O–H groups in total. The number of nitrogens with zero attached hydrogens (tertiary/aromatic N) is 3. The highest BCUT2D eigenvalue weighted by Gasteiger charge is 2.13. The van der Waals surface area contributed by atoms with Crippen molar-refractivity contribution in [2.75, 3.05) is 19.1 Å². The maximum absolute atomic E-state index is 8.79. The highest BCUT2D eigenvalue weighted by atomic mass is 16.5. The van der Waals surface area contributed by atoms with Crippen molar-refractivity contribution in [3.63, 3.8) is 0 Å². The van der Waals surface area contributed by atoms with Crippen LogP contribution in [-0.4, -0.2) is 14.2 Å². The third-order valence-corrected chi connectivity index (χ3v) is 2.08. The van der Waals surface area contributed by atoms with E-state index < -0.39 is 0 Å². The Labute approximate surface area is 94.6 Å². The van der Waals surface area contributed by atoms with Crippen LogP contribution in [0.1, 0.15) is 0 Å². The molecular formula is C12H11N3O. The third kappa shape index (κ3) is 2.31. The predicted octanol–water partition coefficient (Wildman–Crippen LogP) is 2.03. The molecule has 0 bridgehead atoms. The highest BCUT2D eigenvalue weighted by molar-refractivity contribution is 5.54. The van der Waals surface area contributed by atoms with E-state index in [2.05, 4.69) is 0 Å². The Morgan fingerprint density at radius 3 is 2.19 bits per heavy atom. The number of hydrogen-bond acceptors (Lipinski definition) is 4. The SMILES string of the molecule is COC(=C(C#N)C#N)N(C)c1ccccc1. The molecule has 1 aromatic rings. The maximum atomic E-state index is 8.79. The molecule has 4 heteroatoms. The summed E-state index contributed by atoms with van der Waals surface area (Å²) >= 11 is 0. The number of ether oxygens (including phenoxy) is 1. The molecule has 0 fully saturated rings. The quantitative estimate of drug-likeness (QED) is 0.569. The third-order valence-electron chi connectivity index (χ3n) is 2.08. The molecule has 0 radical (unpaired) electrons. The van der Waals surface area contributed by atoms with E-state index in [9.17, 15) is 0 Å². The number of para-hydroxylation sites is 1. The normalized spacial score (nSPS) is 8.50. The fraction of sp³-hybridized carbons (Fsp3) is 0.167. The molecule has 80 valence electrons. The van der Waals surface area contributed by atoms with Crippen molar-refractivity contribution in [1.82, 2.24) is 0 Å². The molecule has 0 saturated carbocycles. The first-order chi connectivity index (χ1) is 7.74. The lowest BCUT2D eigenvalue weighted by Crippen LogP contribution is -2.19. The second kappa shape index (κ2) is 5.43. The van der Waals surface area contributed by atoms with Gasteiger partial charge in [0.05, 0.1) is 7.11 Å². The zero-order valence-electron chi connectivity index (χ0n) is 9.14. The van der Waals surface area contributed by atoms with Crippen LogP contribution < -0.4 is 4.90 Å². The van der Waals surface area contributed by atoms with Crippen molar-refractivity contribution in [3.05, 3.63) is 41.8 Å². The van der Waals surface area contributed by atoms with Crippen molar-refractivity contribution >= 4 is 5.69 Å². The van der Waals surface area contributed by atoms with Gasteiger partial charge in [-0.15, -0.1) is 0 Å². The molecule has 0 amide bonds. The molecule has 4 nitrogen and oxygen atoms in total. The first kappa shape index (κ1) is 11.6. The van der Waals surface area contributed by atoms with E-state index in [1.807, 2.05) is 30.3 Å². The Bertz CT molecular complexity index is 449. The van der Waals surface area contributed by atoms with Crippen LogP contribution in [0.3, 0.4) is 0 Å². The van der Waals surface area contributed by atoms with Gasteiger partial charge in [-0.1, -0.05) is 18.2 Å². The number of benzene rings is 1. The van der Waals surface area contributed by atoms with Gasteiger partial charge in [-0.25, -0.2) is 0 Å². The Morgan fingerprint density at radius 1 is 1.19 bits per heavy atom. The zero-order chi connectivity index (χ0) is 12.0. The van der Waals surface area contributed by atoms with E-state index in [1.54, 1.807) is 24.1 Å². The van der Waals surface area contributed by atoms with E-state index in [-0.39, 0.29) is 11.5 Å². The van der Waals surface area contributed by atoms with Crippen LogP contribution in [-0.2, 0) is 4.74 Å². The van der Waals surface area contributed by atoms with Crippen molar-refractivity contribution < 1.29 is 4.74 Å². The van der Waals surface area contributed by atoms with Gasteiger partial charge in [0.15, 0.2) is 5.57 Å². The molecule has 0 aromatic heterocycles. The number of nitriles is 2. The summed E-state index contributed by atoms with van der Waals surface area (Å²) in [4.78, 5) is 1.65. The van der Waals surface area contributed by atoms with Crippen LogP contribution in [0.15, 0.2) is 41.8 Å². The monoisotopic (exact) mass is 213 g/mol. The van der Waals surface area contributed by atoms with Gasteiger partial charge in [0.2, 0.25) is 5.88 Å². The lowest BCUT2D eigenvalue weighted by molar-refractivity contribution is 0.281. The lowest BCUT2D eigenvalue weighted by atomic mass is 10.2. The molecular weight excluding hydrogens is 202 g/mol. The van der Waals surface area contributed by atoms with E-state index in [0.29, 0.717) is 0 Å². The summed E-state index contributed by atoms with van der Waals surface area (Å²) in [6, 6.07) is 13.0. The van der Waals surface area contributed by atoms with Gasteiger partial charge in [0, 0.05) is 12.7 Å². The smallest absolute Gasteiger partial charge is 0.222 e. The zero-order valence-corrected chi connectivity index (χ0v) is 9.14.